The molecule has 0 aliphatic carbocycles. The average Bonchev–Trinajstić information content (AvgIpc) is 2.68. The lowest BCUT2D eigenvalue weighted by molar-refractivity contribution is -0.147. The van der Waals surface area contributed by atoms with Crippen molar-refractivity contribution in [2.75, 3.05) is 0 Å². The van der Waals surface area contributed by atoms with Crippen molar-refractivity contribution in [3.63, 3.8) is 0 Å². The molecular formula is C26H51O2. The van der Waals surface area contributed by atoms with E-state index in [4.69, 9.17) is 4.74 Å². The minimum absolute atomic E-state index is 0.0463. The molecule has 0 saturated heterocycles. The summed E-state index contributed by atoms with van der Waals surface area (Å²) >= 11 is 0. The van der Waals surface area contributed by atoms with Crippen LogP contribution in [-0.4, -0.2) is 12.1 Å². The van der Waals surface area contributed by atoms with Crippen molar-refractivity contribution >= 4 is 5.97 Å². The van der Waals surface area contributed by atoms with Gasteiger partial charge in [0.15, 0.2) is 0 Å². The predicted molar refractivity (Wildman–Crippen MR) is 124 cm³/mol. The quantitative estimate of drug-likeness (QED) is 0.135. The van der Waals surface area contributed by atoms with Gasteiger partial charge in [-0.1, -0.05) is 123 Å². The second-order valence-corrected chi connectivity index (χ2v) is 8.66. The minimum Gasteiger partial charge on any atom is -0.462 e. The van der Waals surface area contributed by atoms with Gasteiger partial charge < -0.3 is 4.74 Å². The highest BCUT2D eigenvalue weighted by Gasteiger charge is 2.09. The van der Waals surface area contributed by atoms with Crippen LogP contribution in [0.3, 0.4) is 0 Å². The lowest BCUT2D eigenvalue weighted by Crippen LogP contribution is -2.14. The Balaban J connectivity index is 3.31. The molecule has 0 heterocycles. The molecule has 28 heavy (non-hydrogen) atoms. The van der Waals surface area contributed by atoms with E-state index in [2.05, 4.69) is 20.8 Å². The highest BCUT2D eigenvalue weighted by molar-refractivity contribution is 5.69. The summed E-state index contributed by atoms with van der Waals surface area (Å²) in [4.78, 5) is 11.9. The molecule has 0 amide bonds. The first kappa shape index (κ1) is 27.5. The fraction of sp³-hybridized carbons (Fsp3) is 0.923. The lowest BCUT2D eigenvalue weighted by Gasteiger charge is -2.13. The van der Waals surface area contributed by atoms with Crippen LogP contribution in [-0.2, 0) is 9.53 Å². The van der Waals surface area contributed by atoms with Crippen LogP contribution in [0.2, 0.25) is 0 Å². The van der Waals surface area contributed by atoms with Crippen molar-refractivity contribution in [3.8, 4) is 0 Å². The van der Waals surface area contributed by atoms with E-state index >= 15 is 0 Å². The SMILES string of the molecule is [CH2]C(CCCCCCCCCCCC)OC(=O)CCCCCCCCCCC. The Morgan fingerprint density at radius 1 is 0.607 bits per heavy atom. The first-order valence-corrected chi connectivity index (χ1v) is 12.7. The predicted octanol–water partition coefficient (Wildman–Crippen LogP) is 8.96. The van der Waals surface area contributed by atoms with E-state index in [0.29, 0.717) is 6.42 Å². The molecule has 0 N–H and O–H groups in total. The Kier molecular flexibility index (Phi) is 22.3. The van der Waals surface area contributed by atoms with Gasteiger partial charge in [-0.15, -0.1) is 0 Å². The van der Waals surface area contributed by atoms with Gasteiger partial charge in [-0.25, -0.2) is 0 Å². The monoisotopic (exact) mass is 395 g/mol. The van der Waals surface area contributed by atoms with Crippen molar-refractivity contribution in [2.24, 2.45) is 0 Å². The van der Waals surface area contributed by atoms with Crippen LogP contribution in [0.5, 0.6) is 0 Å². The van der Waals surface area contributed by atoms with E-state index in [-0.39, 0.29) is 12.1 Å². The van der Waals surface area contributed by atoms with Crippen LogP contribution in [0.1, 0.15) is 149 Å². The Morgan fingerprint density at radius 3 is 1.39 bits per heavy atom. The Labute approximate surface area is 177 Å². The summed E-state index contributed by atoms with van der Waals surface area (Å²) in [7, 11) is 0. The number of carbonyl (C=O) groups is 1. The van der Waals surface area contributed by atoms with E-state index < -0.39 is 0 Å². The van der Waals surface area contributed by atoms with Crippen LogP contribution in [0, 0.1) is 6.92 Å². The number of rotatable bonds is 22. The van der Waals surface area contributed by atoms with Gasteiger partial charge in [-0.2, -0.15) is 0 Å². The third kappa shape index (κ3) is 21.8. The Morgan fingerprint density at radius 2 is 0.964 bits per heavy atom. The van der Waals surface area contributed by atoms with Crippen LogP contribution in [0.15, 0.2) is 0 Å². The van der Waals surface area contributed by atoms with Crippen molar-refractivity contribution in [1.82, 2.24) is 0 Å². The zero-order valence-electron chi connectivity index (χ0n) is 19.5. The molecule has 167 valence electrons. The van der Waals surface area contributed by atoms with Crippen LogP contribution in [0.4, 0.5) is 0 Å². The molecule has 0 bridgehead atoms. The summed E-state index contributed by atoms with van der Waals surface area (Å²) in [5, 5.41) is 0. The maximum atomic E-state index is 11.9. The second-order valence-electron chi connectivity index (χ2n) is 8.66. The summed E-state index contributed by atoms with van der Waals surface area (Å²) in [6.07, 6.45) is 26.2. The fourth-order valence-corrected chi connectivity index (χ4v) is 3.74. The van der Waals surface area contributed by atoms with Gasteiger partial charge in [0.1, 0.15) is 6.10 Å². The molecule has 0 aromatic heterocycles. The third-order valence-electron chi connectivity index (χ3n) is 5.66. The van der Waals surface area contributed by atoms with Gasteiger partial charge in [0.05, 0.1) is 0 Å². The molecule has 0 spiro atoms. The Hall–Kier alpha value is -0.530. The van der Waals surface area contributed by atoms with Gasteiger partial charge in [0.2, 0.25) is 0 Å². The summed E-state index contributed by atoms with van der Waals surface area (Å²) in [5.74, 6) is -0.0463. The van der Waals surface area contributed by atoms with Gasteiger partial charge in [0.25, 0.3) is 0 Å². The summed E-state index contributed by atoms with van der Waals surface area (Å²) in [6.45, 7) is 8.53. The molecule has 1 atom stereocenters. The minimum atomic E-state index is -0.153. The van der Waals surface area contributed by atoms with Crippen molar-refractivity contribution in [1.29, 1.82) is 0 Å². The number of unbranched alkanes of at least 4 members (excludes halogenated alkanes) is 17. The summed E-state index contributed by atoms with van der Waals surface area (Å²) in [5.41, 5.74) is 0. The van der Waals surface area contributed by atoms with Crippen molar-refractivity contribution in [3.05, 3.63) is 6.92 Å². The van der Waals surface area contributed by atoms with Gasteiger partial charge in [-0.3, -0.25) is 4.79 Å². The zero-order chi connectivity index (χ0) is 20.7. The van der Waals surface area contributed by atoms with Crippen molar-refractivity contribution in [2.45, 2.75) is 155 Å². The van der Waals surface area contributed by atoms with Crippen molar-refractivity contribution < 1.29 is 9.53 Å². The fourth-order valence-electron chi connectivity index (χ4n) is 3.74. The van der Waals surface area contributed by atoms with E-state index in [9.17, 15) is 4.79 Å². The van der Waals surface area contributed by atoms with E-state index in [1.165, 1.54) is 103 Å². The first-order valence-electron chi connectivity index (χ1n) is 12.7. The highest BCUT2D eigenvalue weighted by Crippen LogP contribution is 2.14. The van der Waals surface area contributed by atoms with Crippen LogP contribution in [0.25, 0.3) is 0 Å². The zero-order valence-corrected chi connectivity index (χ0v) is 19.5. The topological polar surface area (TPSA) is 26.3 Å². The van der Waals surface area contributed by atoms with E-state index in [1.54, 1.807) is 0 Å². The summed E-state index contributed by atoms with van der Waals surface area (Å²) < 4.78 is 5.45. The normalized spacial score (nSPS) is 12.2. The lowest BCUT2D eigenvalue weighted by atomic mass is 10.0. The number of ether oxygens (including phenoxy) is 1. The van der Waals surface area contributed by atoms with Gasteiger partial charge in [0, 0.05) is 6.42 Å². The number of hydrogen-bond acceptors (Lipinski definition) is 2. The molecule has 0 rings (SSSR count). The molecule has 0 aliphatic heterocycles. The van der Waals surface area contributed by atoms with E-state index in [0.717, 1.165) is 25.7 Å². The molecule has 1 unspecified atom stereocenters. The van der Waals surface area contributed by atoms with E-state index in [1.807, 2.05) is 0 Å². The molecule has 0 fully saturated rings. The molecular weight excluding hydrogens is 344 g/mol. The number of carbonyl (C=O) groups excluding carboxylic acids is 1. The molecule has 0 aromatic carbocycles. The number of esters is 1. The Bertz CT molecular complexity index is 314. The molecule has 0 aliphatic rings. The number of hydrogen-bond donors (Lipinski definition) is 0. The molecule has 0 saturated carbocycles. The first-order chi connectivity index (χ1) is 13.7. The molecule has 1 radical (unpaired) electrons. The van der Waals surface area contributed by atoms with Crippen LogP contribution >= 0.6 is 0 Å². The maximum absolute atomic E-state index is 11.9. The highest BCUT2D eigenvalue weighted by atomic mass is 16.5. The standard InChI is InChI=1S/C26H51O2/c1-4-6-8-10-12-14-16-17-19-21-23-25(3)28-26(27)24-22-20-18-15-13-11-9-7-5-2/h25H,3-24H2,1-2H3. The smallest absolute Gasteiger partial charge is 0.306 e. The van der Waals surface area contributed by atoms with Gasteiger partial charge >= 0.3 is 5.97 Å². The molecule has 2 heteroatoms. The third-order valence-corrected chi connectivity index (χ3v) is 5.66. The maximum Gasteiger partial charge on any atom is 0.306 e. The van der Waals surface area contributed by atoms with Gasteiger partial charge in [-0.05, 0) is 26.2 Å². The molecule has 0 aromatic rings. The average molecular weight is 396 g/mol. The largest absolute Gasteiger partial charge is 0.462 e. The second kappa shape index (κ2) is 22.8. The van der Waals surface area contributed by atoms with Crippen LogP contribution < -0.4 is 0 Å². The summed E-state index contributed by atoms with van der Waals surface area (Å²) in [6, 6.07) is 0. The molecule has 2 nitrogen and oxygen atoms in total.